The van der Waals surface area contributed by atoms with Crippen LogP contribution in [0.2, 0.25) is 0 Å². The van der Waals surface area contributed by atoms with E-state index in [0.29, 0.717) is 6.42 Å². The number of hydrogen-bond donors (Lipinski definition) is 0. The van der Waals surface area contributed by atoms with Gasteiger partial charge in [0.25, 0.3) is 0 Å². The molecule has 1 nitrogen and oxygen atoms in total. The molecule has 0 radical (unpaired) electrons. The molecule has 0 N–H and O–H groups in total. The quantitative estimate of drug-likeness (QED) is 0.323. The van der Waals surface area contributed by atoms with Crippen molar-refractivity contribution in [2.75, 3.05) is 0 Å². The maximum absolute atomic E-state index is 8.28. The molecule has 0 aliphatic rings. The minimum absolute atomic E-state index is 0.504. The summed E-state index contributed by atoms with van der Waals surface area (Å²) in [5.41, 5.74) is 0. The average molecular weight is 203 g/mol. The smallest absolute Gasteiger partial charge is 0.0663 e. The molecule has 1 heteroatoms. The van der Waals surface area contributed by atoms with Crippen molar-refractivity contribution in [3.05, 3.63) is 36.5 Å². The van der Waals surface area contributed by atoms with Gasteiger partial charge in [-0.25, -0.2) is 0 Å². The molecule has 0 spiro atoms. The van der Waals surface area contributed by atoms with E-state index in [2.05, 4.69) is 31.2 Å². The summed E-state index contributed by atoms with van der Waals surface area (Å²) in [5, 5.41) is 8.28. The molecule has 0 saturated carbocycles. The number of rotatable bonds is 8. The van der Waals surface area contributed by atoms with Crippen LogP contribution in [-0.2, 0) is 0 Å². The maximum atomic E-state index is 8.28. The molecule has 0 rings (SSSR count). The average Bonchev–Trinajstić information content (AvgIpc) is 2.26. The van der Waals surface area contributed by atoms with Crippen molar-refractivity contribution >= 4 is 0 Å². The molecule has 0 unspecified atom stereocenters. The van der Waals surface area contributed by atoms with E-state index in [0.717, 1.165) is 6.42 Å². The standard InChI is InChI=1S/C14H21N/c1-2-3-4-5-6-7-8-9-10-11-12-13-14-15/h4-5,9-12H,2-3,6-8,13H2,1H3/b5-4+,10-9+,12-11+. The maximum Gasteiger partial charge on any atom is 0.0663 e. The van der Waals surface area contributed by atoms with Crippen molar-refractivity contribution in [2.24, 2.45) is 0 Å². The zero-order valence-electron chi connectivity index (χ0n) is 9.65. The van der Waals surface area contributed by atoms with E-state index in [-0.39, 0.29) is 0 Å². The normalized spacial score (nSPS) is 11.7. The van der Waals surface area contributed by atoms with Gasteiger partial charge in [-0.15, -0.1) is 0 Å². The Hall–Kier alpha value is -1.29. The van der Waals surface area contributed by atoms with Gasteiger partial charge in [0, 0.05) is 0 Å². The van der Waals surface area contributed by atoms with Gasteiger partial charge in [0.15, 0.2) is 0 Å². The van der Waals surface area contributed by atoms with Crippen molar-refractivity contribution in [1.29, 1.82) is 5.26 Å². The zero-order valence-corrected chi connectivity index (χ0v) is 9.65. The predicted molar refractivity (Wildman–Crippen MR) is 66.4 cm³/mol. The van der Waals surface area contributed by atoms with Crippen LogP contribution < -0.4 is 0 Å². The van der Waals surface area contributed by atoms with Crippen LogP contribution >= 0.6 is 0 Å². The molecule has 15 heavy (non-hydrogen) atoms. The van der Waals surface area contributed by atoms with E-state index < -0.39 is 0 Å². The van der Waals surface area contributed by atoms with Gasteiger partial charge in [-0.2, -0.15) is 5.26 Å². The lowest BCUT2D eigenvalue weighted by atomic mass is 10.2. The van der Waals surface area contributed by atoms with Gasteiger partial charge in [0.1, 0.15) is 0 Å². The molecular formula is C14H21N. The largest absolute Gasteiger partial charge is 0.198 e. The minimum atomic E-state index is 0.504. The predicted octanol–water partition coefficient (Wildman–Crippen LogP) is 4.54. The fraction of sp³-hybridized carbons (Fsp3) is 0.500. The number of hydrogen-bond acceptors (Lipinski definition) is 1. The second kappa shape index (κ2) is 12.7. The Bertz CT molecular complexity index is 241. The number of nitrogens with zero attached hydrogens (tertiary/aromatic N) is 1. The van der Waals surface area contributed by atoms with E-state index in [1.165, 1.54) is 25.7 Å². The first-order valence-electron chi connectivity index (χ1n) is 5.75. The Morgan fingerprint density at radius 3 is 2.33 bits per heavy atom. The van der Waals surface area contributed by atoms with Crippen molar-refractivity contribution in [2.45, 2.75) is 45.4 Å². The Labute approximate surface area is 93.8 Å². The first-order chi connectivity index (χ1) is 7.41. The Morgan fingerprint density at radius 2 is 1.60 bits per heavy atom. The lowest BCUT2D eigenvalue weighted by Crippen LogP contribution is -1.69. The topological polar surface area (TPSA) is 23.8 Å². The van der Waals surface area contributed by atoms with Crippen LogP contribution in [0.1, 0.15) is 45.4 Å². The number of allylic oxidation sites excluding steroid dienone is 6. The second-order valence-corrected chi connectivity index (χ2v) is 3.41. The van der Waals surface area contributed by atoms with Gasteiger partial charge < -0.3 is 0 Å². The van der Waals surface area contributed by atoms with Crippen LogP contribution in [0.3, 0.4) is 0 Å². The van der Waals surface area contributed by atoms with Gasteiger partial charge in [-0.05, 0) is 25.7 Å². The minimum Gasteiger partial charge on any atom is -0.198 e. The summed E-state index contributed by atoms with van der Waals surface area (Å²) in [6.07, 6.45) is 19.0. The van der Waals surface area contributed by atoms with Crippen LogP contribution in [0.25, 0.3) is 0 Å². The Balaban J connectivity index is 3.27. The van der Waals surface area contributed by atoms with Gasteiger partial charge in [0.05, 0.1) is 12.5 Å². The van der Waals surface area contributed by atoms with E-state index in [9.17, 15) is 0 Å². The lowest BCUT2D eigenvalue weighted by Gasteiger charge is -1.89. The monoisotopic (exact) mass is 203 g/mol. The van der Waals surface area contributed by atoms with Gasteiger partial charge in [-0.3, -0.25) is 0 Å². The molecule has 0 heterocycles. The van der Waals surface area contributed by atoms with Gasteiger partial charge in [0.2, 0.25) is 0 Å². The third-order valence-corrected chi connectivity index (χ3v) is 1.96. The molecular weight excluding hydrogens is 182 g/mol. The fourth-order valence-electron chi connectivity index (χ4n) is 1.13. The fourth-order valence-corrected chi connectivity index (χ4v) is 1.13. The first kappa shape index (κ1) is 13.7. The molecule has 0 amide bonds. The highest BCUT2D eigenvalue weighted by atomic mass is 14.2. The Morgan fingerprint density at radius 1 is 0.933 bits per heavy atom. The molecule has 0 aliphatic carbocycles. The van der Waals surface area contributed by atoms with Crippen molar-refractivity contribution in [3.63, 3.8) is 0 Å². The summed E-state index contributed by atoms with van der Waals surface area (Å²) in [6, 6.07) is 2.07. The molecule has 82 valence electrons. The Kier molecular flexibility index (Phi) is 11.6. The zero-order chi connectivity index (χ0) is 11.2. The van der Waals surface area contributed by atoms with Crippen LogP contribution in [0.5, 0.6) is 0 Å². The van der Waals surface area contributed by atoms with Crippen LogP contribution in [-0.4, -0.2) is 0 Å². The lowest BCUT2D eigenvalue weighted by molar-refractivity contribution is 0.859. The third kappa shape index (κ3) is 12.7. The second-order valence-electron chi connectivity index (χ2n) is 3.41. The van der Waals surface area contributed by atoms with E-state index in [1.54, 1.807) is 0 Å². The molecule has 0 aromatic carbocycles. The van der Waals surface area contributed by atoms with Crippen LogP contribution in [0.4, 0.5) is 0 Å². The molecule has 0 bridgehead atoms. The summed E-state index contributed by atoms with van der Waals surface area (Å²) in [4.78, 5) is 0. The molecule has 0 saturated heterocycles. The number of nitriles is 1. The SMILES string of the molecule is CCC/C=C/CCC/C=C/C=C/CC#N. The highest BCUT2D eigenvalue weighted by molar-refractivity contribution is 5.04. The highest BCUT2D eigenvalue weighted by Gasteiger charge is 1.79. The van der Waals surface area contributed by atoms with Gasteiger partial charge in [-0.1, -0.05) is 49.8 Å². The van der Waals surface area contributed by atoms with E-state index in [4.69, 9.17) is 5.26 Å². The van der Waals surface area contributed by atoms with Gasteiger partial charge >= 0.3 is 0 Å². The summed E-state index contributed by atoms with van der Waals surface area (Å²) in [7, 11) is 0. The van der Waals surface area contributed by atoms with Crippen LogP contribution in [0.15, 0.2) is 36.5 Å². The third-order valence-electron chi connectivity index (χ3n) is 1.96. The van der Waals surface area contributed by atoms with E-state index >= 15 is 0 Å². The van der Waals surface area contributed by atoms with Crippen molar-refractivity contribution < 1.29 is 0 Å². The summed E-state index contributed by atoms with van der Waals surface area (Å²) >= 11 is 0. The number of unbranched alkanes of at least 4 members (excludes halogenated alkanes) is 3. The molecule has 0 fully saturated rings. The molecule has 0 atom stereocenters. The summed E-state index contributed by atoms with van der Waals surface area (Å²) in [5.74, 6) is 0. The molecule has 0 aliphatic heterocycles. The first-order valence-corrected chi connectivity index (χ1v) is 5.75. The molecule has 0 aromatic rings. The summed E-state index contributed by atoms with van der Waals surface area (Å²) in [6.45, 7) is 2.20. The van der Waals surface area contributed by atoms with Crippen molar-refractivity contribution in [3.8, 4) is 6.07 Å². The van der Waals surface area contributed by atoms with Crippen LogP contribution in [0, 0.1) is 11.3 Å². The van der Waals surface area contributed by atoms with Crippen molar-refractivity contribution in [1.82, 2.24) is 0 Å². The highest BCUT2D eigenvalue weighted by Crippen LogP contribution is 1.99. The molecule has 0 aromatic heterocycles. The summed E-state index contributed by atoms with van der Waals surface area (Å²) < 4.78 is 0. The van der Waals surface area contributed by atoms with E-state index in [1.807, 2.05) is 18.2 Å².